The molecule has 0 aliphatic carbocycles. The lowest BCUT2D eigenvalue weighted by Crippen LogP contribution is -2.30. The molecule has 0 bridgehead atoms. The van der Waals surface area contributed by atoms with Crippen molar-refractivity contribution in [3.63, 3.8) is 0 Å². The molecule has 0 aromatic carbocycles. The monoisotopic (exact) mass is 1860 g/mol. The number of fused-ring (bicyclic) bond motifs is 2. The number of aldehydes is 1. The summed E-state index contributed by atoms with van der Waals surface area (Å²) < 4.78 is 139. The number of halogens is 17. The van der Waals surface area contributed by atoms with Gasteiger partial charge in [0.15, 0.2) is 70.2 Å². The van der Waals surface area contributed by atoms with E-state index >= 15 is 0 Å². The molecule has 0 aliphatic heterocycles. The molecule has 0 aliphatic rings. The maximum atomic E-state index is 13.1. The van der Waals surface area contributed by atoms with Crippen molar-refractivity contribution < 1.29 is 126 Å². The first-order chi connectivity index (χ1) is 57.5. The van der Waals surface area contributed by atoms with E-state index < -0.39 is 93.1 Å². The topological polar surface area (TPSA) is 413 Å². The van der Waals surface area contributed by atoms with Gasteiger partial charge in [0, 0.05) is 81.3 Å². The smallest absolute Gasteiger partial charge is 0.373 e. The molecule has 2 atom stereocenters. The Morgan fingerprint density at radius 2 is 0.951 bits per heavy atom. The maximum Gasteiger partial charge on any atom is 0.373 e. The number of carboxylic acid groups (broad SMARTS) is 1. The molecule has 0 fully saturated rings. The van der Waals surface area contributed by atoms with E-state index in [1.54, 1.807) is 39.8 Å². The second-order valence-corrected chi connectivity index (χ2v) is 26.0. The third kappa shape index (κ3) is 38.6. The molecule has 652 valence electrons. The predicted molar refractivity (Wildman–Crippen MR) is 421 cm³/mol. The lowest BCUT2D eigenvalue weighted by Gasteiger charge is -2.16. The fourth-order valence-electron chi connectivity index (χ4n) is 7.88. The first-order valence-corrected chi connectivity index (χ1v) is 35.4. The van der Waals surface area contributed by atoms with Crippen molar-refractivity contribution in [3.8, 4) is 0 Å². The standard InChI is InChI=1S/C11H11ClFNO2.C10H7ClFNO2.C9H5ClFNO2.C9H9ClFNO.C6H5ClFNO.C6H3ClFNO.C6H5ClFNO.C6H5FN2O3.C6H6FNO.C6H6FN.2CO2/c1-6(2)11(16-7(3)15)10-4-8(12)9(13)5-14-10;1-15-10(14)6-2-7-3-8(11)9(12)5-13(7)4-6;10-7-2-6-1-5(9(13)14)3-12(6)4-8(7)11;1-5(2)9(13)8-3-6(10)7(11)4-12-8;2*7-5-1-4(3-10)9-2-6(5)8;1-4-2-5(7)6(8)3-9(4)10;1-4-2-6(9(11)12)5(7)3-8(4)10;1-5-2-3-6(7)4-8(5)9;1-5-2-3-6(7)4-8-5;2*2-1-3/h4-5,11H,1H2,2-3H3;2-5H,1H3;1-4H,(H,13,14);3-4,9,13H,1H2,2H3;1-2,10H,3H2;1-3H;2-3H,1H3;2-3H,1H3;2-4H,1H3;2-4H,1H3;;. The van der Waals surface area contributed by atoms with Gasteiger partial charge in [-0.3, -0.25) is 44.6 Å². The van der Waals surface area contributed by atoms with Crippen LogP contribution in [0.25, 0.3) is 11.0 Å². The highest BCUT2D eigenvalue weighted by Gasteiger charge is 2.21. The molecule has 123 heavy (non-hydrogen) atoms. The molecule has 12 rings (SSSR count). The van der Waals surface area contributed by atoms with E-state index in [1.807, 2.05) is 6.92 Å². The van der Waals surface area contributed by atoms with Gasteiger partial charge in [0.05, 0.1) is 119 Å². The van der Waals surface area contributed by atoms with Gasteiger partial charge in [-0.15, -0.1) is 0 Å². The summed E-state index contributed by atoms with van der Waals surface area (Å²) in [5.74, 6) is -8.09. The van der Waals surface area contributed by atoms with Crippen molar-refractivity contribution in [3.05, 3.63) is 359 Å². The van der Waals surface area contributed by atoms with Crippen LogP contribution in [-0.2, 0) is 40.1 Å². The van der Waals surface area contributed by atoms with E-state index in [9.17, 15) is 93.9 Å². The van der Waals surface area contributed by atoms with Crippen molar-refractivity contribution in [1.29, 1.82) is 0 Å². The zero-order valence-electron chi connectivity index (χ0n) is 64.2. The number of aliphatic hydroxyl groups excluding tert-OH is 2. The summed E-state index contributed by atoms with van der Waals surface area (Å²) in [6.07, 6.45) is 11.9. The molecule has 12 aromatic heterocycles. The van der Waals surface area contributed by atoms with E-state index in [4.69, 9.17) is 115 Å². The Bertz CT molecular complexity index is 5580. The van der Waals surface area contributed by atoms with Crippen LogP contribution in [0.5, 0.6) is 0 Å². The number of nitro groups is 1. The number of ether oxygens (including phenoxy) is 2. The third-order valence-electron chi connectivity index (χ3n) is 13.8. The number of hydrogen-bond acceptors (Lipinski definition) is 22. The van der Waals surface area contributed by atoms with Crippen molar-refractivity contribution in [2.75, 3.05) is 7.11 Å². The SMILES string of the molecule is C=C(C)C(O)c1cc(Cl)c(F)cn1.C=C(C)C(OC(C)=O)c1cc(Cl)c(F)cn1.COC(=O)c1cc2cc(Cl)c(F)cn2c1.Cc1cc(Cl)c(F)c[n+]1[O-].Cc1cc([N+](=O)[O-])c(F)c[n+]1[O-].Cc1ccc(F)c[n+]1[O-].Cc1ccc(F)cn1.O=C(O)c1cc2cc(Cl)c(F)cn2c1.O=C=O.O=C=O.O=Cc1cc(Cl)c(F)cn1.OCc1cc(Cl)c(F)cn1. The fourth-order valence-corrected chi connectivity index (χ4v) is 9.06. The highest BCUT2D eigenvalue weighted by Crippen LogP contribution is 2.28. The number of carbonyl (C=O) groups excluding carboxylic acids is 7. The van der Waals surface area contributed by atoms with Crippen LogP contribution in [0.2, 0.25) is 35.2 Å². The fraction of sp³-hybridized carbons (Fsp3) is 0.143. The van der Waals surface area contributed by atoms with Gasteiger partial charge in [-0.1, -0.05) is 94.4 Å². The summed E-state index contributed by atoms with van der Waals surface area (Å²) in [4.78, 5) is 103. The second-order valence-electron chi connectivity index (χ2n) is 23.1. The van der Waals surface area contributed by atoms with Crippen molar-refractivity contribution in [2.24, 2.45) is 0 Å². The number of carboxylic acids is 1. The molecule has 12 heterocycles. The minimum atomic E-state index is -1.12. The molecule has 29 nitrogen and oxygen atoms in total. The lowest BCUT2D eigenvalue weighted by molar-refractivity contribution is -0.614. The molecule has 0 spiro atoms. The van der Waals surface area contributed by atoms with Crippen LogP contribution < -0.4 is 14.2 Å². The zero-order chi connectivity index (χ0) is 94.0. The van der Waals surface area contributed by atoms with Crippen molar-refractivity contribution in [2.45, 2.75) is 67.3 Å². The number of pyridine rings is 10. The largest absolute Gasteiger partial charge is 0.618 e. The molecule has 3 N–H and O–H groups in total. The second kappa shape index (κ2) is 54.4. The number of aliphatic hydroxyl groups is 2. The highest BCUT2D eigenvalue weighted by atomic mass is 35.5. The number of aromatic carboxylic acids is 1. The Morgan fingerprint density at radius 3 is 1.35 bits per heavy atom. The summed E-state index contributed by atoms with van der Waals surface area (Å²) in [6.45, 7) is 18.0. The zero-order valence-corrected chi connectivity index (χ0v) is 69.5. The minimum Gasteiger partial charge on any atom is -0.618 e. The average molecular weight is 1870 g/mol. The Balaban J connectivity index is 0.000000682. The number of aryl methyl sites for hydroxylation is 4. The molecule has 0 saturated carbocycles. The van der Waals surface area contributed by atoms with E-state index in [2.05, 4.69) is 42.8 Å². The summed E-state index contributed by atoms with van der Waals surface area (Å²) in [5.41, 5.74) is 5.06. The van der Waals surface area contributed by atoms with Gasteiger partial charge in [0.25, 0.3) is 5.82 Å². The summed E-state index contributed by atoms with van der Waals surface area (Å²) in [6, 6.07) is 18.8. The van der Waals surface area contributed by atoms with Gasteiger partial charge in [0.1, 0.15) is 17.6 Å². The molecule has 0 amide bonds. The first-order valence-electron chi connectivity index (χ1n) is 32.8. The van der Waals surface area contributed by atoms with Crippen molar-refractivity contribution >= 4 is 134 Å². The van der Waals surface area contributed by atoms with Crippen LogP contribution >= 0.6 is 81.2 Å². The van der Waals surface area contributed by atoms with Gasteiger partial charge >= 0.3 is 35.9 Å². The Labute approximate surface area is 723 Å². The Morgan fingerprint density at radius 1 is 0.528 bits per heavy atom. The van der Waals surface area contributed by atoms with Crippen molar-refractivity contribution in [1.82, 2.24) is 33.7 Å². The van der Waals surface area contributed by atoms with Crippen LogP contribution in [-0.4, -0.2) is 97.6 Å². The van der Waals surface area contributed by atoms with E-state index in [1.165, 1.54) is 121 Å². The number of nitrogens with zero attached hydrogens (tertiary/aromatic N) is 11. The van der Waals surface area contributed by atoms with Gasteiger partial charge < -0.3 is 49.2 Å². The molecule has 0 saturated heterocycles. The van der Waals surface area contributed by atoms with Crippen LogP contribution in [0.15, 0.2) is 184 Å². The van der Waals surface area contributed by atoms with Gasteiger partial charge in [0.2, 0.25) is 24.4 Å². The number of esters is 2. The number of carbonyl (C=O) groups is 4. The molecule has 12 aromatic rings. The van der Waals surface area contributed by atoms with Crippen LogP contribution in [0.3, 0.4) is 0 Å². The number of methoxy groups -OCH3 is 1. The van der Waals surface area contributed by atoms with Gasteiger partial charge in [-0.05, 0) is 98.6 Å². The van der Waals surface area contributed by atoms with E-state index in [0.29, 0.717) is 78.2 Å². The highest BCUT2D eigenvalue weighted by molar-refractivity contribution is 6.32. The maximum absolute atomic E-state index is 13.1. The number of aromatic nitrogens is 10. The minimum absolute atomic E-state index is 0.0148. The summed E-state index contributed by atoms with van der Waals surface area (Å²) in [5, 5.41) is 68.4. The normalized spacial score (nSPS) is 10.2. The van der Waals surface area contributed by atoms with E-state index in [0.717, 1.165) is 55.1 Å². The average Bonchev–Trinajstić information content (AvgIpc) is 1.61. The van der Waals surface area contributed by atoms with Gasteiger partial charge in [-0.2, -0.15) is 42.2 Å². The number of hydrogen-bond donors (Lipinski definition) is 3. The van der Waals surface area contributed by atoms with Gasteiger partial charge in [-0.25, -0.2) is 44.7 Å². The van der Waals surface area contributed by atoms with Crippen LogP contribution in [0, 0.1) is 112 Å². The summed E-state index contributed by atoms with van der Waals surface area (Å²) in [7, 11) is 1.29. The Kier molecular flexibility index (Phi) is 47.8. The summed E-state index contributed by atoms with van der Waals surface area (Å²) >= 11 is 38.3. The van der Waals surface area contributed by atoms with Crippen LogP contribution in [0.1, 0.15) is 104 Å². The molecular weight excluding hydrogens is 1810 g/mol. The third-order valence-corrected chi connectivity index (χ3v) is 15.8. The molecule has 0 radical (unpaired) electrons. The number of rotatable bonds is 10. The van der Waals surface area contributed by atoms with E-state index in [-0.39, 0.29) is 81.6 Å². The quantitative estimate of drug-likeness (QED) is 0.0167. The molecular formula is C77H62Cl7F10N11O18. The first kappa shape index (κ1) is 108. The Hall–Kier alpha value is -12.9. The molecule has 2 unspecified atom stereocenters. The lowest BCUT2D eigenvalue weighted by atomic mass is 10.1. The van der Waals surface area contributed by atoms with Crippen LogP contribution in [0.4, 0.5) is 49.6 Å². The molecule has 46 heteroatoms. The predicted octanol–water partition coefficient (Wildman–Crippen LogP) is 16.8.